The van der Waals surface area contributed by atoms with Gasteiger partial charge in [0.05, 0.1) is 33.3 Å². The summed E-state index contributed by atoms with van der Waals surface area (Å²) in [6, 6.07) is 9.33. The fourth-order valence-corrected chi connectivity index (χ4v) is 3.90. The number of halogens is 5. The standard InChI is InChI=1S/C18H8BrClF3N5/c19-9-1-4-14-11(5-9)16-15(7-24-14)27-8-25-26-17(27)28(16)10-2-3-13(20)12(6-10)18(21,22)23/h1-8H. The topological polar surface area (TPSA) is 48.0 Å². The Bertz CT molecular complexity index is 1390. The van der Waals surface area contributed by atoms with Crippen LogP contribution in [0.15, 0.2) is 53.4 Å². The van der Waals surface area contributed by atoms with E-state index in [4.69, 9.17) is 11.6 Å². The summed E-state index contributed by atoms with van der Waals surface area (Å²) in [7, 11) is 0. The summed E-state index contributed by atoms with van der Waals surface area (Å²) >= 11 is 9.24. The third-order valence-electron chi connectivity index (χ3n) is 4.51. The molecule has 0 saturated carbocycles. The second-order valence-corrected chi connectivity index (χ2v) is 7.47. The van der Waals surface area contributed by atoms with Crippen LogP contribution in [0.3, 0.4) is 0 Å². The Morgan fingerprint density at radius 1 is 1.07 bits per heavy atom. The van der Waals surface area contributed by atoms with Crippen molar-refractivity contribution in [1.29, 1.82) is 0 Å². The molecule has 5 rings (SSSR count). The molecule has 0 fully saturated rings. The van der Waals surface area contributed by atoms with Gasteiger partial charge in [-0.25, -0.2) is 0 Å². The number of hydrogen-bond acceptors (Lipinski definition) is 3. The normalized spacial score (nSPS) is 12.5. The highest BCUT2D eigenvalue weighted by Gasteiger charge is 2.34. The summed E-state index contributed by atoms with van der Waals surface area (Å²) in [5.41, 5.74) is 1.42. The van der Waals surface area contributed by atoms with Crippen molar-refractivity contribution < 1.29 is 13.2 Å². The van der Waals surface area contributed by atoms with Gasteiger partial charge in [-0.2, -0.15) is 13.2 Å². The Morgan fingerprint density at radius 2 is 1.89 bits per heavy atom. The third-order valence-corrected chi connectivity index (χ3v) is 5.33. The number of benzene rings is 2. The van der Waals surface area contributed by atoms with Gasteiger partial charge in [-0.1, -0.05) is 27.5 Å². The average molecular weight is 467 g/mol. The van der Waals surface area contributed by atoms with E-state index in [9.17, 15) is 13.2 Å². The van der Waals surface area contributed by atoms with Crippen LogP contribution in [0.2, 0.25) is 5.02 Å². The van der Waals surface area contributed by atoms with Crippen LogP contribution in [0.4, 0.5) is 13.2 Å². The van der Waals surface area contributed by atoms with Crippen molar-refractivity contribution in [2.75, 3.05) is 0 Å². The molecule has 0 aliphatic carbocycles. The minimum Gasteiger partial charge on any atom is -0.276 e. The molecule has 0 aliphatic rings. The van der Waals surface area contributed by atoms with Crippen LogP contribution >= 0.6 is 27.5 Å². The Balaban J connectivity index is 1.96. The van der Waals surface area contributed by atoms with Gasteiger partial charge in [0.25, 0.3) is 0 Å². The van der Waals surface area contributed by atoms with E-state index in [0.29, 0.717) is 22.3 Å². The summed E-state index contributed by atoms with van der Waals surface area (Å²) in [6.45, 7) is 0. The first-order valence-electron chi connectivity index (χ1n) is 8.00. The van der Waals surface area contributed by atoms with Gasteiger partial charge in [0, 0.05) is 15.5 Å². The van der Waals surface area contributed by atoms with Gasteiger partial charge in [-0.15, -0.1) is 10.2 Å². The van der Waals surface area contributed by atoms with Crippen molar-refractivity contribution in [3.63, 3.8) is 0 Å². The number of hydrogen-bond donors (Lipinski definition) is 0. The summed E-state index contributed by atoms with van der Waals surface area (Å²) < 4.78 is 44.3. The van der Waals surface area contributed by atoms with Crippen molar-refractivity contribution >= 4 is 55.2 Å². The van der Waals surface area contributed by atoms with Crippen molar-refractivity contribution in [1.82, 2.24) is 24.1 Å². The predicted octanol–water partition coefficient (Wildman–Crippen LogP) is 5.66. The van der Waals surface area contributed by atoms with Crippen LogP contribution in [0, 0.1) is 0 Å². The largest absolute Gasteiger partial charge is 0.417 e. The minimum absolute atomic E-state index is 0.275. The fraction of sp³-hybridized carbons (Fsp3) is 0.0556. The lowest BCUT2D eigenvalue weighted by Gasteiger charge is -2.13. The maximum absolute atomic E-state index is 13.4. The van der Waals surface area contributed by atoms with Gasteiger partial charge in [0.15, 0.2) is 0 Å². The number of aromatic nitrogens is 5. The van der Waals surface area contributed by atoms with Crippen LogP contribution in [0.1, 0.15) is 5.56 Å². The van der Waals surface area contributed by atoms with Crippen molar-refractivity contribution in [3.05, 3.63) is 64.0 Å². The van der Waals surface area contributed by atoms with Gasteiger partial charge >= 0.3 is 6.18 Å². The average Bonchev–Trinajstić information content (AvgIpc) is 3.22. The summed E-state index contributed by atoms with van der Waals surface area (Å²) in [6.07, 6.45) is -1.42. The fourth-order valence-electron chi connectivity index (χ4n) is 3.32. The zero-order valence-electron chi connectivity index (χ0n) is 13.7. The zero-order valence-corrected chi connectivity index (χ0v) is 16.1. The van der Waals surface area contributed by atoms with Crippen LogP contribution in [-0.2, 0) is 6.18 Å². The van der Waals surface area contributed by atoms with Gasteiger partial charge in [-0.05, 0) is 36.4 Å². The van der Waals surface area contributed by atoms with E-state index in [-0.39, 0.29) is 10.7 Å². The molecule has 0 saturated heterocycles. The molecule has 3 heterocycles. The lowest BCUT2D eigenvalue weighted by atomic mass is 10.1. The number of rotatable bonds is 1. The highest BCUT2D eigenvalue weighted by Crippen LogP contribution is 2.37. The molecule has 2 aromatic carbocycles. The summed E-state index contributed by atoms with van der Waals surface area (Å²) in [5, 5.41) is 8.39. The van der Waals surface area contributed by atoms with Gasteiger partial charge in [0.2, 0.25) is 5.78 Å². The van der Waals surface area contributed by atoms with Gasteiger partial charge in [0.1, 0.15) is 6.33 Å². The van der Waals surface area contributed by atoms with E-state index >= 15 is 0 Å². The summed E-state index contributed by atoms with van der Waals surface area (Å²) in [5.74, 6) is 0.375. The Kier molecular flexibility index (Phi) is 3.69. The molecule has 10 heteroatoms. The van der Waals surface area contributed by atoms with Crippen LogP contribution in [-0.4, -0.2) is 24.1 Å². The molecule has 5 nitrogen and oxygen atoms in total. The van der Waals surface area contributed by atoms with Crippen molar-refractivity contribution in [3.8, 4) is 5.69 Å². The molecule has 0 aliphatic heterocycles. The predicted molar refractivity (Wildman–Crippen MR) is 103 cm³/mol. The van der Waals surface area contributed by atoms with E-state index in [1.54, 1.807) is 15.2 Å². The number of alkyl halides is 3. The van der Waals surface area contributed by atoms with Gasteiger partial charge in [-0.3, -0.25) is 14.0 Å². The maximum atomic E-state index is 13.4. The molecule has 0 radical (unpaired) electrons. The Hall–Kier alpha value is -2.65. The molecule has 0 N–H and O–H groups in total. The molecule has 0 atom stereocenters. The van der Waals surface area contributed by atoms with E-state index in [2.05, 4.69) is 31.1 Å². The second-order valence-electron chi connectivity index (χ2n) is 6.15. The molecule has 28 heavy (non-hydrogen) atoms. The minimum atomic E-state index is -4.58. The highest BCUT2D eigenvalue weighted by atomic mass is 79.9. The molecular formula is C18H8BrClF3N5. The SMILES string of the molecule is FC(F)(F)c1cc(-n2c3c4cc(Br)ccc4ncc3n3cnnc23)ccc1Cl. The molecule has 0 spiro atoms. The number of imidazole rings is 1. The lowest BCUT2D eigenvalue weighted by Crippen LogP contribution is -2.07. The first-order chi connectivity index (χ1) is 13.3. The number of pyridine rings is 1. The number of fused-ring (bicyclic) bond motifs is 5. The Morgan fingerprint density at radius 3 is 2.68 bits per heavy atom. The molecular weight excluding hydrogens is 459 g/mol. The molecule has 0 amide bonds. The first kappa shape index (κ1) is 17.4. The quantitative estimate of drug-likeness (QED) is 0.320. The Labute approximate surface area is 168 Å². The lowest BCUT2D eigenvalue weighted by molar-refractivity contribution is -0.137. The van der Waals surface area contributed by atoms with E-state index in [1.807, 2.05) is 18.2 Å². The van der Waals surface area contributed by atoms with Crippen LogP contribution < -0.4 is 0 Å². The van der Waals surface area contributed by atoms with Crippen LogP contribution in [0.25, 0.3) is 33.4 Å². The van der Waals surface area contributed by atoms with E-state index in [1.165, 1.54) is 18.5 Å². The highest BCUT2D eigenvalue weighted by molar-refractivity contribution is 9.10. The van der Waals surface area contributed by atoms with E-state index in [0.717, 1.165) is 15.9 Å². The molecule has 0 unspecified atom stereocenters. The smallest absolute Gasteiger partial charge is 0.276 e. The monoisotopic (exact) mass is 465 g/mol. The van der Waals surface area contributed by atoms with Crippen LogP contribution in [0.5, 0.6) is 0 Å². The summed E-state index contributed by atoms with van der Waals surface area (Å²) in [4.78, 5) is 4.45. The van der Waals surface area contributed by atoms with Crippen molar-refractivity contribution in [2.24, 2.45) is 0 Å². The molecule has 0 bridgehead atoms. The van der Waals surface area contributed by atoms with Gasteiger partial charge < -0.3 is 0 Å². The number of nitrogens with zero attached hydrogens (tertiary/aromatic N) is 5. The molecule has 5 aromatic rings. The second kappa shape index (κ2) is 5.92. The first-order valence-corrected chi connectivity index (χ1v) is 9.17. The third kappa shape index (κ3) is 2.50. The molecule has 140 valence electrons. The molecule has 3 aromatic heterocycles. The maximum Gasteiger partial charge on any atom is 0.417 e. The van der Waals surface area contributed by atoms with Crippen molar-refractivity contribution in [2.45, 2.75) is 6.18 Å². The van der Waals surface area contributed by atoms with E-state index < -0.39 is 11.7 Å². The zero-order chi connectivity index (χ0) is 19.6.